The number of nitrogens with zero attached hydrogens (tertiary/aromatic N) is 1. The summed E-state index contributed by atoms with van der Waals surface area (Å²) in [5, 5.41) is 5.12. The topological polar surface area (TPSA) is 3.24 Å². The van der Waals surface area contributed by atoms with E-state index in [2.05, 4.69) is 210 Å². The van der Waals surface area contributed by atoms with Gasteiger partial charge in [0.05, 0.1) is 0 Å². The predicted molar refractivity (Wildman–Crippen MR) is 250 cm³/mol. The molecule has 1 aliphatic heterocycles. The van der Waals surface area contributed by atoms with Crippen LogP contribution in [0.2, 0.25) is 0 Å². The Labute approximate surface area is 347 Å². The highest BCUT2D eigenvalue weighted by molar-refractivity contribution is 6.23. The van der Waals surface area contributed by atoms with Crippen LogP contribution in [0.4, 0.5) is 11.4 Å². The van der Waals surface area contributed by atoms with Gasteiger partial charge in [0.25, 0.3) is 0 Å². The Morgan fingerprint density at radius 2 is 0.915 bits per heavy atom. The van der Waals surface area contributed by atoms with E-state index in [1.165, 1.54) is 122 Å². The molecule has 282 valence electrons. The first kappa shape index (κ1) is 34.4. The molecule has 9 aromatic carbocycles. The molecular formula is C58H45N. The maximum atomic E-state index is 2.50. The van der Waals surface area contributed by atoms with Crippen molar-refractivity contribution in [2.24, 2.45) is 0 Å². The number of anilines is 2. The Morgan fingerprint density at radius 3 is 1.75 bits per heavy atom. The number of hydrogen-bond donors (Lipinski definition) is 0. The summed E-state index contributed by atoms with van der Waals surface area (Å²) in [6.45, 7) is 9.53. The first-order chi connectivity index (χ1) is 28.7. The first-order valence-electron chi connectivity index (χ1n) is 21.1. The second-order valence-corrected chi connectivity index (χ2v) is 18.1. The van der Waals surface area contributed by atoms with Crippen LogP contribution in [0.5, 0.6) is 0 Å². The molecular weight excluding hydrogens is 711 g/mol. The number of rotatable bonds is 3. The maximum absolute atomic E-state index is 2.50. The molecule has 2 aliphatic carbocycles. The summed E-state index contributed by atoms with van der Waals surface area (Å²) in [5.41, 5.74) is 23.8. The summed E-state index contributed by atoms with van der Waals surface area (Å²) < 4.78 is 0. The summed E-state index contributed by atoms with van der Waals surface area (Å²) in [6, 6.07) is 64.7. The largest absolute Gasteiger partial charge is 0.344 e. The van der Waals surface area contributed by atoms with Crippen molar-refractivity contribution >= 4 is 32.9 Å². The third-order valence-corrected chi connectivity index (χ3v) is 14.3. The summed E-state index contributed by atoms with van der Waals surface area (Å²) >= 11 is 0. The molecule has 1 heterocycles. The van der Waals surface area contributed by atoms with Crippen molar-refractivity contribution in [3.63, 3.8) is 0 Å². The fourth-order valence-electron chi connectivity index (χ4n) is 11.3. The van der Waals surface area contributed by atoms with Gasteiger partial charge in [0, 0.05) is 35.7 Å². The van der Waals surface area contributed by atoms with E-state index in [4.69, 9.17) is 0 Å². The van der Waals surface area contributed by atoms with E-state index in [1.807, 2.05) is 0 Å². The van der Waals surface area contributed by atoms with E-state index in [0.717, 1.165) is 6.42 Å². The van der Waals surface area contributed by atoms with Gasteiger partial charge in [-0.1, -0.05) is 173 Å². The molecule has 9 aromatic rings. The fraction of sp³-hybridized carbons (Fsp3) is 0.138. The van der Waals surface area contributed by atoms with Crippen molar-refractivity contribution in [1.82, 2.24) is 0 Å². The molecule has 59 heavy (non-hydrogen) atoms. The second kappa shape index (κ2) is 12.2. The van der Waals surface area contributed by atoms with Gasteiger partial charge in [-0.15, -0.1) is 0 Å². The lowest BCUT2D eigenvalue weighted by atomic mass is 9.80. The standard InChI is InChI=1S/C58H45N/c1-57(2)49-22-12-10-19-45(49)56-46(20-14-23-50(56)57)55-43-18-8-7-17-42(43)54(39-26-25-38-31-37-15-6-13-24-52(37)59(5)53(38)34-39)44-30-28-35(32-47(44)55)36-27-29-41-40-16-9-11-21-48(40)58(3,4)51(41)33-36/h6-30,32-34H,31H2,1-5H3. The minimum Gasteiger partial charge on any atom is -0.344 e. The van der Waals surface area contributed by atoms with Crippen LogP contribution in [0.15, 0.2) is 170 Å². The lowest BCUT2D eigenvalue weighted by molar-refractivity contribution is 0.660. The summed E-state index contributed by atoms with van der Waals surface area (Å²) in [5.74, 6) is 0. The van der Waals surface area contributed by atoms with Crippen molar-refractivity contribution in [1.29, 1.82) is 0 Å². The molecule has 1 nitrogen and oxygen atoms in total. The smallest absolute Gasteiger partial charge is 0.0450 e. The van der Waals surface area contributed by atoms with Crippen LogP contribution >= 0.6 is 0 Å². The van der Waals surface area contributed by atoms with Gasteiger partial charge in [0.1, 0.15) is 0 Å². The second-order valence-electron chi connectivity index (χ2n) is 18.1. The normalized spacial score (nSPS) is 15.0. The van der Waals surface area contributed by atoms with Gasteiger partial charge >= 0.3 is 0 Å². The van der Waals surface area contributed by atoms with E-state index < -0.39 is 0 Å². The minimum absolute atomic E-state index is 0.0712. The number of hydrogen-bond acceptors (Lipinski definition) is 1. The van der Waals surface area contributed by atoms with Gasteiger partial charge < -0.3 is 4.90 Å². The van der Waals surface area contributed by atoms with Gasteiger partial charge in [-0.25, -0.2) is 0 Å². The first-order valence-corrected chi connectivity index (χ1v) is 21.1. The van der Waals surface area contributed by atoms with Crippen LogP contribution in [0.25, 0.3) is 77.2 Å². The number of para-hydroxylation sites is 1. The molecule has 0 spiro atoms. The molecule has 0 saturated carbocycles. The average Bonchev–Trinajstić information content (AvgIpc) is 3.65. The van der Waals surface area contributed by atoms with E-state index >= 15 is 0 Å². The van der Waals surface area contributed by atoms with Crippen LogP contribution < -0.4 is 4.90 Å². The molecule has 0 amide bonds. The summed E-state index contributed by atoms with van der Waals surface area (Å²) in [7, 11) is 2.22. The third-order valence-electron chi connectivity index (χ3n) is 14.3. The van der Waals surface area contributed by atoms with Crippen molar-refractivity contribution in [3.05, 3.63) is 203 Å². The van der Waals surface area contributed by atoms with Crippen LogP contribution in [0.1, 0.15) is 61.1 Å². The fourth-order valence-corrected chi connectivity index (χ4v) is 11.3. The molecule has 3 aliphatic rings. The van der Waals surface area contributed by atoms with Gasteiger partial charge in [0.2, 0.25) is 0 Å². The highest BCUT2D eigenvalue weighted by Gasteiger charge is 2.38. The summed E-state index contributed by atoms with van der Waals surface area (Å²) in [6.07, 6.45) is 0.944. The zero-order valence-electron chi connectivity index (χ0n) is 34.3. The zero-order valence-corrected chi connectivity index (χ0v) is 34.3. The predicted octanol–water partition coefficient (Wildman–Crippen LogP) is 15.3. The molecule has 12 rings (SSSR count). The molecule has 0 saturated heterocycles. The molecule has 0 bridgehead atoms. The SMILES string of the molecule is CN1c2ccccc2Cc2ccc(-c3c4ccccc4c(-c4cccc5c4-c4ccccc4C5(C)C)c4cc(-c5ccc6c(c5)C(C)(C)c5ccccc5-6)ccc34)cc21. The van der Waals surface area contributed by atoms with Gasteiger partial charge in [-0.3, -0.25) is 0 Å². The van der Waals surface area contributed by atoms with E-state index in [-0.39, 0.29) is 10.8 Å². The average molecular weight is 756 g/mol. The molecule has 0 N–H and O–H groups in total. The lowest BCUT2D eigenvalue weighted by Crippen LogP contribution is -2.18. The van der Waals surface area contributed by atoms with Gasteiger partial charge in [0.15, 0.2) is 0 Å². The van der Waals surface area contributed by atoms with E-state index in [9.17, 15) is 0 Å². The van der Waals surface area contributed by atoms with Crippen molar-refractivity contribution in [2.45, 2.75) is 44.9 Å². The highest BCUT2D eigenvalue weighted by atomic mass is 15.1. The Morgan fingerprint density at radius 1 is 0.356 bits per heavy atom. The van der Waals surface area contributed by atoms with Crippen LogP contribution in [-0.2, 0) is 17.3 Å². The third kappa shape index (κ3) is 4.73. The Balaban J connectivity index is 1.15. The highest BCUT2D eigenvalue weighted by Crippen LogP contribution is 2.55. The van der Waals surface area contributed by atoms with E-state index in [1.54, 1.807) is 0 Å². The monoisotopic (exact) mass is 755 g/mol. The Kier molecular flexibility index (Phi) is 7.08. The molecule has 0 unspecified atom stereocenters. The lowest BCUT2D eigenvalue weighted by Gasteiger charge is -2.31. The molecule has 0 atom stereocenters. The van der Waals surface area contributed by atoms with Crippen molar-refractivity contribution < 1.29 is 0 Å². The summed E-state index contributed by atoms with van der Waals surface area (Å²) in [4.78, 5) is 2.38. The number of benzene rings is 9. The van der Waals surface area contributed by atoms with Gasteiger partial charge in [-0.05, 0) is 135 Å². The Bertz CT molecular complexity index is 3270. The maximum Gasteiger partial charge on any atom is 0.0450 e. The van der Waals surface area contributed by atoms with Crippen LogP contribution in [0, 0.1) is 0 Å². The van der Waals surface area contributed by atoms with Crippen LogP contribution in [0.3, 0.4) is 0 Å². The van der Waals surface area contributed by atoms with Crippen molar-refractivity contribution in [3.8, 4) is 55.6 Å². The number of fused-ring (bicyclic) bond motifs is 10. The zero-order chi connectivity index (χ0) is 39.8. The molecule has 1 heteroatoms. The molecule has 0 aromatic heterocycles. The molecule has 0 radical (unpaired) electrons. The van der Waals surface area contributed by atoms with Gasteiger partial charge in [-0.2, -0.15) is 0 Å². The Hall–Kier alpha value is -6.70. The molecule has 0 fully saturated rings. The van der Waals surface area contributed by atoms with E-state index in [0.29, 0.717) is 0 Å². The minimum atomic E-state index is -0.0960. The van der Waals surface area contributed by atoms with Crippen LogP contribution in [-0.4, -0.2) is 7.05 Å². The van der Waals surface area contributed by atoms with Crippen molar-refractivity contribution in [2.75, 3.05) is 11.9 Å². The quantitative estimate of drug-likeness (QED) is 0.162.